The van der Waals surface area contributed by atoms with Gasteiger partial charge in [-0.15, -0.1) is 0 Å². The Morgan fingerprint density at radius 2 is 1.79 bits per heavy atom. The second-order valence-corrected chi connectivity index (χ2v) is 9.82. The third-order valence-electron chi connectivity index (χ3n) is 4.00. The molecule has 2 atom stereocenters. The molecule has 0 heterocycles. The number of alkyl halides is 2. The number of nitriles is 1. The lowest BCUT2D eigenvalue weighted by molar-refractivity contribution is -0.0934. The normalized spacial score (nSPS) is 15.8. The van der Waals surface area contributed by atoms with Crippen LogP contribution in [0.2, 0.25) is 0 Å². The third-order valence-corrected chi connectivity index (χ3v) is 5.30. The predicted octanol–water partition coefficient (Wildman–Crippen LogP) is 3.53. The molecule has 0 saturated heterocycles. The molecule has 0 saturated carbocycles. The van der Waals surface area contributed by atoms with Gasteiger partial charge in [0.25, 0.3) is 5.92 Å². The van der Waals surface area contributed by atoms with Gasteiger partial charge < -0.3 is 10.1 Å². The molecular formula is C18H23F3N2O4S. The average molecular weight is 420 g/mol. The van der Waals surface area contributed by atoms with Gasteiger partial charge in [0.1, 0.15) is 17.0 Å². The van der Waals surface area contributed by atoms with Gasteiger partial charge in [0, 0.05) is 18.2 Å². The molecule has 0 radical (unpaired) electrons. The molecule has 0 fully saturated rings. The molecule has 0 aliphatic carbocycles. The molecule has 1 rings (SSSR count). The van der Waals surface area contributed by atoms with Gasteiger partial charge in [-0.25, -0.2) is 26.4 Å². The van der Waals surface area contributed by atoms with E-state index in [0.29, 0.717) is 6.26 Å². The van der Waals surface area contributed by atoms with E-state index < -0.39 is 56.0 Å². The first-order valence-electron chi connectivity index (χ1n) is 8.26. The summed E-state index contributed by atoms with van der Waals surface area (Å²) in [5.74, 6) is -5.05. The Bertz CT molecular complexity index is 876. The molecule has 156 valence electrons. The molecule has 6 nitrogen and oxygen atoms in total. The van der Waals surface area contributed by atoms with Crippen LogP contribution in [0.4, 0.5) is 18.0 Å². The maximum absolute atomic E-state index is 15.2. The van der Waals surface area contributed by atoms with Crippen LogP contribution in [0.25, 0.3) is 0 Å². The van der Waals surface area contributed by atoms with Gasteiger partial charge in [0.05, 0.1) is 6.07 Å². The maximum atomic E-state index is 15.2. The number of carbonyl (C=O) groups is 1. The SMILES string of the molecule is CC(C)(C)OC(=O)NC(C)(c1ccccc1F)C(F)(F)CC(C#N)S(C)(=O)=O. The van der Waals surface area contributed by atoms with Crippen molar-refractivity contribution in [2.75, 3.05) is 6.26 Å². The number of amides is 1. The average Bonchev–Trinajstić information content (AvgIpc) is 2.49. The zero-order chi connectivity index (χ0) is 22.0. The van der Waals surface area contributed by atoms with Gasteiger partial charge in [-0.1, -0.05) is 18.2 Å². The van der Waals surface area contributed by atoms with Crippen molar-refractivity contribution in [3.05, 3.63) is 35.6 Å². The van der Waals surface area contributed by atoms with E-state index in [4.69, 9.17) is 10.00 Å². The fraction of sp³-hybridized carbons (Fsp3) is 0.556. The summed E-state index contributed by atoms with van der Waals surface area (Å²) in [5, 5.41) is 8.93. The Morgan fingerprint density at radius 3 is 2.21 bits per heavy atom. The Kier molecular flexibility index (Phi) is 6.78. The molecule has 2 unspecified atom stereocenters. The monoisotopic (exact) mass is 420 g/mol. The number of hydrogen-bond acceptors (Lipinski definition) is 5. The van der Waals surface area contributed by atoms with Crippen LogP contribution in [0.3, 0.4) is 0 Å². The third kappa shape index (κ3) is 5.61. The molecule has 0 spiro atoms. The van der Waals surface area contributed by atoms with Crippen molar-refractivity contribution in [3.8, 4) is 6.07 Å². The van der Waals surface area contributed by atoms with Crippen LogP contribution in [0.15, 0.2) is 24.3 Å². The summed E-state index contributed by atoms with van der Waals surface area (Å²) < 4.78 is 73.1. The van der Waals surface area contributed by atoms with Crippen molar-refractivity contribution in [2.24, 2.45) is 0 Å². The van der Waals surface area contributed by atoms with Crippen molar-refractivity contribution < 1.29 is 31.1 Å². The zero-order valence-electron chi connectivity index (χ0n) is 16.2. The number of nitrogens with zero attached hydrogens (tertiary/aromatic N) is 1. The van der Waals surface area contributed by atoms with Crippen molar-refractivity contribution in [2.45, 2.75) is 56.4 Å². The minimum atomic E-state index is -4.14. The topological polar surface area (TPSA) is 96.3 Å². The molecule has 0 aliphatic heterocycles. The molecule has 28 heavy (non-hydrogen) atoms. The van der Waals surface area contributed by atoms with Crippen LogP contribution in [0.5, 0.6) is 0 Å². The van der Waals surface area contributed by atoms with Crippen molar-refractivity contribution >= 4 is 15.9 Å². The van der Waals surface area contributed by atoms with Crippen molar-refractivity contribution in [3.63, 3.8) is 0 Å². The number of sulfone groups is 1. The molecule has 0 aromatic heterocycles. The minimum absolute atomic E-state index is 0.573. The fourth-order valence-corrected chi connectivity index (χ4v) is 3.16. The number of hydrogen-bond donors (Lipinski definition) is 1. The van der Waals surface area contributed by atoms with E-state index in [2.05, 4.69) is 0 Å². The highest BCUT2D eigenvalue weighted by Gasteiger charge is 2.56. The number of benzene rings is 1. The lowest BCUT2D eigenvalue weighted by Crippen LogP contribution is -2.58. The first-order valence-corrected chi connectivity index (χ1v) is 10.2. The number of halogens is 3. The minimum Gasteiger partial charge on any atom is -0.444 e. The van der Waals surface area contributed by atoms with Gasteiger partial charge in [-0.3, -0.25) is 0 Å². The second kappa shape index (κ2) is 7.99. The highest BCUT2D eigenvalue weighted by molar-refractivity contribution is 7.91. The van der Waals surface area contributed by atoms with Crippen LogP contribution in [-0.4, -0.2) is 37.5 Å². The predicted molar refractivity (Wildman–Crippen MR) is 96.9 cm³/mol. The summed E-state index contributed by atoms with van der Waals surface area (Å²) in [6, 6.07) is 5.87. The number of nitrogens with one attached hydrogen (secondary N) is 1. The van der Waals surface area contributed by atoms with E-state index in [9.17, 15) is 17.6 Å². The standard InChI is InChI=1S/C18H23F3N2O4S/c1-16(2,3)27-15(24)23-17(4,13-8-6-7-9-14(13)19)18(20,21)10-12(11-22)28(5,25)26/h6-9,12H,10H2,1-5H3,(H,23,24). The van der Waals surface area contributed by atoms with Gasteiger partial charge in [0.15, 0.2) is 15.1 Å². The number of rotatable bonds is 6. The summed E-state index contributed by atoms with van der Waals surface area (Å²) in [6.45, 7) is 5.40. The van der Waals surface area contributed by atoms with E-state index in [-0.39, 0.29) is 0 Å². The quantitative estimate of drug-likeness (QED) is 0.760. The van der Waals surface area contributed by atoms with Crippen LogP contribution < -0.4 is 5.32 Å². The Hall–Kier alpha value is -2.28. The fourth-order valence-electron chi connectivity index (χ4n) is 2.46. The Labute approximate surface area is 162 Å². The first-order chi connectivity index (χ1) is 12.5. The lowest BCUT2D eigenvalue weighted by Gasteiger charge is -2.39. The smallest absolute Gasteiger partial charge is 0.408 e. The molecule has 0 bridgehead atoms. The summed E-state index contributed by atoms with van der Waals surface area (Å²) in [5.41, 5.74) is -4.27. The summed E-state index contributed by atoms with van der Waals surface area (Å²) >= 11 is 0. The molecular weight excluding hydrogens is 397 g/mol. The van der Waals surface area contributed by atoms with Crippen molar-refractivity contribution in [1.29, 1.82) is 5.26 Å². The molecule has 1 N–H and O–H groups in total. The maximum Gasteiger partial charge on any atom is 0.408 e. The molecule has 10 heteroatoms. The molecule has 1 aromatic rings. The summed E-state index contributed by atoms with van der Waals surface area (Å²) in [4.78, 5) is 12.2. The highest BCUT2D eigenvalue weighted by Crippen LogP contribution is 2.42. The Balaban J connectivity index is 3.48. The van der Waals surface area contributed by atoms with Gasteiger partial charge in [0.2, 0.25) is 0 Å². The number of carbonyl (C=O) groups excluding carboxylic acids is 1. The number of alkyl carbamates (subject to hydrolysis) is 1. The second-order valence-electron chi connectivity index (χ2n) is 7.59. The van der Waals surface area contributed by atoms with Crippen LogP contribution in [0.1, 0.15) is 39.7 Å². The zero-order valence-corrected chi connectivity index (χ0v) is 17.0. The molecule has 1 amide bonds. The van der Waals surface area contributed by atoms with Gasteiger partial charge in [-0.2, -0.15) is 5.26 Å². The summed E-state index contributed by atoms with van der Waals surface area (Å²) in [6.07, 6.45) is -2.03. The van der Waals surface area contributed by atoms with E-state index >= 15 is 8.78 Å². The first kappa shape index (κ1) is 23.8. The van der Waals surface area contributed by atoms with Crippen LogP contribution in [0, 0.1) is 17.1 Å². The van der Waals surface area contributed by atoms with Crippen LogP contribution >= 0.6 is 0 Å². The lowest BCUT2D eigenvalue weighted by atomic mass is 9.82. The van der Waals surface area contributed by atoms with E-state index in [1.54, 1.807) is 0 Å². The number of ether oxygens (including phenoxy) is 1. The van der Waals surface area contributed by atoms with Gasteiger partial charge in [-0.05, 0) is 33.8 Å². The Morgan fingerprint density at radius 1 is 1.25 bits per heavy atom. The highest BCUT2D eigenvalue weighted by atomic mass is 32.2. The van der Waals surface area contributed by atoms with E-state index in [1.807, 2.05) is 5.32 Å². The van der Waals surface area contributed by atoms with Gasteiger partial charge >= 0.3 is 6.09 Å². The summed E-state index contributed by atoms with van der Waals surface area (Å²) in [7, 11) is -4.14. The van der Waals surface area contributed by atoms with E-state index in [1.165, 1.54) is 39.0 Å². The molecule has 1 aromatic carbocycles. The van der Waals surface area contributed by atoms with Crippen LogP contribution in [-0.2, 0) is 20.1 Å². The van der Waals surface area contributed by atoms with Crippen molar-refractivity contribution in [1.82, 2.24) is 5.32 Å². The molecule has 0 aliphatic rings. The largest absolute Gasteiger partial charge is 0.444 e. The van der Waals surface area contributed by atoms with E-state index in [0.717, 1.165) is 19.1 Å².